The van der Waals surface area contributed by atoms with Crippen LogP contribution in [0.5, 0.6) is 0 Å². The number of rotatable bonds is 3. The maximum Gasteiger partial charge on any atom is 0.257 e. The van der Waals surface area contributed by atoms with Crippen LogP contribution in [0.3, 0.4) is 0 Å². The van der Waals surface area contributed by atoms with Gasteiger partial charge in [0, 0.05) is 6.54 Å². The summed E-state index contributed by atoms with van der Waals surface area (Å²) < 4.78 is 53.3. The number of amides is 1. The van der Waals surface area contributed by atoms with Crippen LogP contribution in [0.15, 0.2) is 6.07 Å². The summed E-state index contributed by atoms with van der Waals surface area (Å²) in [7, 11) is 0. The number of benzene rings is 1. The number of halogens is 4. The molecule has 0 spiro atoms. The highest BCUT2D eigenvalue weighted by molar-refractivity contribution is 5.95. The zero-order valence-corrected chi connectivity index (χ0v) is 12.1. The van der Waals surface area contributed by atoms with Gasteiger partial charge in [-0.25, -0.2) is 17.6 Å². The fraction of sp³-hybridized carbons (Fsp3) is 0.533. The lowest BCUT2D eigenvalue weighted by atomic mass is 9.95. The molecule has 7 heteroatoms. The van der Waals surface area contributed by atoms with E-state index in [1.807, 2.05) is 0 Å². The van der Waals surface area contributed by atoms with Gasteiger partial charge in [-0.05, 0) is 31.7 Å². The Kier molecular flexibility index (Phi) is 5.05. The van der Waals surface area contributed by atoms with Crippen LogP contribution in [0, 0.1) is 23.3 Å². The van der Waals surface area contributed by atoms with Gasteiger partial charge >= 0.3 is 0 Å². The normalized spacial score (nSPS) is 20.1. The molecule has 3 nitrogen and oxygen atoms in total. The summed E-state index contributed by atoms with van der Waals surface area (Å²) in [6, 6.07) is -0.179. The number of carbonyl (C=O) groups excluding carboxylic acids is 1. The Bertz CT molecular complexity index is 579. The smallest absolute Gasteiger partial charge is 0.257 e. The highest BCUT2D eigenvalue weighted by Gasteiger charge is 2.34. The average molecular weight is 319 g/mol. The molecule has 1 aromatic rings. The number of likely N-dealkylation sites (tertiary alicyclic amines) is 1. The van der Waals surface area contributed by atoms with E-state index in [9.17, 15) is 27.5 Å². The van der Waals surface area contributed by atoms with Crippen molar-refractivity contribution in [1.82, 2.24) is 4.90 Å². The number of hydrogen-bond acceptors (Lipinski definition) is 2. The Morgan fingerprint density at radius 2 is 1.95 bits per heavy atom. The molecule has 1 aliphatic rings. The fourth-order valence-electron chi connectivity index (χ4n) is 2.76. The molecular weight excluding hydrogens is 302 g/mol. The standard InChI is InChI=1S/C15H17F4NO2/c1-2-11(21)10-5-3-4-6-20(10)15(22)8-7-9(16)13(18)14(19)12(8)17/h7,10-11,21H,2-6H2,1H3. The van der Waals surface area contributed by atoms with Crippen molar-refractivity contribution in [3.8, 4) is 0 Å². The zero-order valence-electron chi connectivity index (χ0n) is 12.1. The van der Waals surface area contributed by atoms with Crippen molar-refractivity contribution in [2.45, 2.75) is 44.8 Å². The molecule has 1 aromatic carbocycles. The van der Waals surface area contributed by atoms with Crippen molar-refractivity contribution in [3.05, 3.63) is 34.9 Å². The molecule has 1 heterocycles. The highest BCUT2D eigenvalue weighted by atomic mass is 19.2. The van der Waals surface area contributed by atoms with E-state index < -0.39 is 46.9 Å². The summed E-state index contributed by atoms with van der Waals surface area (Å²) >= 11 is 0. The monoisotopic (exact) mass is 319 g/mol. The van der Waals surface area contributed by atoms with E-state index >= 15 is 0 Å². The second-order valence-corrected chi connectivity index (χ2v) is 5.39. The van der Waals surface area contributed by atoms with Gasteiger partial charge in [0.05, 0.1) is 17.7 Å². The van der Waals surface area contributed by atoms with Crippen LogP contribution in [0.4, 0.5) is 17.6 Å². The molecule has 0 saturated carbocycles. The van der Waals surface area contributed by atoms with Crippen LogP contribution in [0.1, 0.15) is 43.0 Å². The third-order valence-electron chi connectivity index (χ3n) is 4.01. The molecule has 122 valence electrons. The second kappa shape index (κ2) is 6.64. The van der Waals surface area contributed by atoms with Gasteiger partial charge in [-0.2, -0.15) is 0 Å². The number of aliphatic hydroxyl groups is 1. The van der Waals surface area contributed by atoms with E-state index in [1.54, 1.807) is 6.92 Å². The lowest BCUT2D eigenvalue weighted by Crippen LogP contribution is -2.49. The Morgan fingerprint density at radius 1 is 1.27 bits per heavy atom. The first-order valence-electron chi connectivity index (χ1n) is 7.20. The SMILES string of the molecule is CCC(O)C1CCCCN1C(=O)c1cc(F)c(F)c(F)c1F. The summed E-state index contributed by atoms with van der Waals surface area (Å²) in [5.74, 6) is -8.22. The Morgan fingerprint density at radius 3 is 2.59 bits per heavy atom. The van der Waals surface area contributed by atoms with Gasteiger partial charge in [0.25, 0.3) is 5.91 Å². The van der Waals surface area contributed by atoms with Crippen LogP contribution >= 0.6 is 0 Å². The molecule has 0 bridgehead atoms. The fourth-order valence-corrected chi connectivity index (χ4v) is 2.76. The Labute approximate surface area is 125 Å². The van der Waals surface area contributed by atoms with E-state index in [-0.39, 0.29) is 6.54 Å². The zero-order chi connectivity index (χ0) is 16.4. The molecule has 1 saturated heterocycles. The van der Waals surface area contributed by atoms with Crippen molar-refractivity contribution >= 4 is 5.91 Å². The molecule has 1 N–H and O–H groups in total. The molecule has 1 amide bonds. The highest BCUT2D eigenvalue weighted by Crippen LogP contribution is 2.26. The Balaban J connectivity index is 2.38. The molecule has 2 unspecified atom stereocenters. The number of nitrogens with zero attached hydrogens (tertiary/aromatic N) is 1. The largest absolute Gasteiger partial charge is 0.391 e. The minimum absolute atomic E-state index is 0.251. The molecule has 1 aliphatic heterocycles. The molecule has 0 radical (unpaired) electrons. The first-order chi connectivity index (χ1) is 10.4. The van der Waals surface area contributed by atoms with Crippen LogP contribution < -0.4 is 0 Å². The third-order valence-corrected chi connectivity index (χ3v) is 4.01. The first kappa shape index (κ1) is 16.7. The van der Waals surface area contributed by atoms with Gasteiger partial charge in [0.15, 0.2) is 23.3 Å². The number of aliphatic hydroxyl groups excluding tert-OH is 1. The van der Waals surface area contributed by atoms with Gasteiger partial charge in [-0.15, -0.1) is 0 Å². The van der Waals surface area contributed by atoms with Crippen LogP contribution in [-0.4, -0.2) is 34.6 Å². The van der Waals surface area contributed by atoms with Gasteiger partial charge in [-0.1, -0.05) is 6.92 Å². The number of carbonyl (C=O) groups is 1. The average Bonchev–Trinajstić information content (AvgIpc) is 2.54. The van der Waals surface area contributed by atoms with E-state index in [0.717, 1.165) is 6.42 Å². The molecule has 0 aliphatic carbocycles. The van der Waals surface area contributed by atoms with Crippen LogP contribution in [0.2, 0.25) is 0 Å². The molecule has 22 heavy (non-hydrogen) atoms. The quantitative estimate of drug-likeness (QED) is 0.528. The maximum atomic E-state index is 13.8. The van der Waals surface area contributed by atoms with Crippen molar-refractivity contribution in [1.29, 1.82) is 0 Å². The first-order valence-corrected chi connectivity index (χ1v) is 7.20. The predicted octanol–water partition coefficient (Wildman–Crippen LogP) is 3.01. The number of piperidine rings is 1. The van der Waals surface area contributed by atoms with E-state index in [4.69, 9.17) is 0 Å². The summed E-state index contributed by atoms with van der Waals surface area (Å²) in [4.78, 5) is 13.6. The summed E-state index contributed by atoms with van der Waals surface area (Å²) in [6.45, 7) is 1.99. The van der Waals surface area contributed by atoms with Crippen molar-refractivity contribution in [2.75, 3.05) is 6.54 Å². The minimum atomic E-state index is -2.01. The molecule has 2 atom stereocenters. The van der Waals surface area contributed by atoms with Crippen molar-refractivity contribution in [2.24, 2.45) is 0 Å². The lowest BCUT2D eigenvalue weighted by molar-refractivity contribution is 0.0202. The summed E-state index contributed by atoms with van der Waals surface area (Å²) in [5.41, 5.74) is -0.855. The minimum Gasteiger partial charge on any atom is -0.391 e. The van der Waals surface area contributed by atoms with Crippen molar-refractivity contribution in [3.63, 3.8) is 0 Å². The van der Waals surface area contributed by atoms with E-state index in [2.05, 4.69) is 0 Å². The van der Waals surface area contributed by atoms with Crippen LogP contribution in [-0.2, 0) is 0 Å². The topological polar surface area (TPSA) is 40.5 Å². The van der Waals surface area contributed by atoms with Crippen molar-refractivity contribution < 1.29 is 27.5 Å². The van der Waals surface area contributed by atoms with Gasteiger partial charge in [0.1, 0.15) is 0 Å². The second-order valence-electron chi connectivity index (χ2n) is 5.39. The van der Waals surface area contributed by atoms with E-state index in [0.29, 0.717) is 25.3 Å². The van der Waals surface area contributed by atoms with E-state index in [1.165, 1.54) is 4.90 Å². The third kappa shape index (κ3) is 2.95. The molecule has 2 rings (SSSR count). The maximum absolute atomic E-state index is 13.8. The Hall–Kier alpha value is -1.63. The molecule has 0 aromatic heterocycles. The predicted molar refractivity (Wildman–Crippen MR) is 71.2 cm³/mol. The summed E-state index contributed by atoms with van der Waals surface area (Å²) in [6.07, 6.45) is 1.55. The lowest BCUT2D eigenvalue weighted by Gasteiger charge is -2.38. The number of hydrogen-bond donors (Lipinski definition) is 1. The summed E-state index contributed by atoms with van der Waals surface area (Å²) in [5, 5.41) is 9.98. The van der Waals surface area contributed by atoms with Gasteiger partial charge in [0.2, 0.25) is 0 Å². The van der Waals surface area contributed by atoms with Gasteiger partial charge < -0.3 is 10.0 Å². The molecule has 1 fully saturated rings. The van der Waals surface area contributed by atoms with Crippen LogP contribution in [0.25, 0.3) is 0 Å². The molecular formula is C15H17F4NO2. The van der Waals surface area contributed by atoms with Gasteiger partial charge in [-0.3, -0.25) is 4.79 Å².